The molecule has 2 aromatic heterocycles. The van der Waals surface area contributed by atoms with Crippen LogP contribution in [0.2, 0.25) is 0 Å². The van der Waals surface area contributed by atoms with Crippen LogP contribution in [0.25, 0.3) is 5.69 Å². The van der Waals surface area contributed by atoms with E-state index in [1.807, 2.05) is 19.9 Å². The molecule has 3 aromatic rings. The van der Waals surface area contributed by atoms with Crippen LogP contribution in [0.3, 0.4) is 0 Å². The number of aromatic nitrogens is 3. The lowest BCUT2D eigenvalue weighted by Crippen LogP contribution is -2.37. The highest BCUT2D eigenvalue weighted by Crippen LogP contribution is 2.27. The van der Waals surface area contributed by atoms with Gasteiger partial charge in [0.15, 0.2) is 0 Å². The van der Waals surface area contributed by atoms with Crippen molar-refractivity contribution in [2.45, 2.75) is 39.7 Å². The number of amides is 1. The Hall–Kier alpha value is -3.26. The lowest BCUT2D eigenvalue weighted by Gasteiger charge is -2.34. The van der Waals surface area contributed by atoms with E-state index in [2.05, 4.69) is 20.3 Å². The van der Waals surface area contributed by atoms with Crippen LogP contribution in [-0.4, -0.2) is 45.0 Å². The first-order valence-corrected chi connectivity index (χ1v) is 10.8. The molecule has 8 heteroatoms. The third-order valence-electron chi connectivity index (χ3n) is 6.16. The number of aliphatic hydroxyl groups is 1. The molecule has 1 aliphatic heterocycles. The first-order valence-electron chi connectivity index (χ1n) is 10.8. The van der Waals surface area contributed by atoms with Gasteiger partial charge in [0.2, 0.25) is 0 Å². The zero-order valence-corrected chi connectivity index (χ0v) is 18.5. The van der Waals surface area contributed by atoms with Gasteiger partial charge in [0.05, 0.1) is 41.1 Å². The molecule has 1 fully saturated rings. The first-order chi connectivity index (χ1) is 15.3. The largest absolute Gasteiger partial charge is 0.393 e. The molecule has 1 saturated heterocycles. The topological polar surface area (TPSA) is 83.3 Å². The van der Waals surface area contributed by atoms with Crippen molar-refractivity contribution in [1.82, 2.24) is 14.8 Å². The molecular weight excluding hydrogens is 409 g/mol. The average Bonchev–Trinajstić information content (AvgIpc) is 3.16. The van der Waals surface area contributed by atoms with E-state index in [0.717, 1.165) is 37.3 Å². The standard InChI is InChI=1S/C24H28FN5O2/c1-15-12-20(13-26-23(15)29-10-8-18(9-11-29)17(3)31)28-24(32)22-14-27-30(16(22)2)21-6-4-19(25)5-7-21/h4-7,12-14,17-18,31H,8-11H2,1-3H3,(H,28,32). The Balaban J connectivity index is 1.45. The molecule has 2 N–H and O–H groups in total. The minimum Gasteiger partial charge on any atom is -0.393 e. The van der Waals surface area contributed by atoms with E-state index in [0.29, 0.717) is 28.6 Å². The Morgan fingerprint density at radius 1 is 1.19 bits per heavy atom. The summed E-state index contributed by atoms with van der Waals surface area (Å²) in [6.45, 7) is 7.35. The van der Waals surface area contributed by atoms with E-state index < -0.39 is 0 Å². The average molecular weight is 438 g/mol. The molecule has 3 heterocycles. The van der Waals surface area contributed by atoms with Crippen LogP contribution in [-0.2, 0) is 0 Å². The second-order valence-electron chi connectivity index (χ2n) is 8.42. The number of hydrogen-bond acceptors (Lipinski definition) is 5. The second kappa shape index (κ2) is 9.08. The summed E-state index contributed by atoms with van der Waals surface area (Å²) in [7, 11) is 0. The number of aliphatic hydroxyl groups excluding tert-OH is 1. The van der Waals surface area contributed by atoms with E-state index in [9.17, 15) is 14.3 Å². The Kier molecular flexibility index (Phi) is 6.23. The van der Waals surface area contributed by atoms with Crippen molar-refractivity contribution in [2.24, 2.45) is 5.92 Å². The van der Waals surface area contributed by atoms with Crippen LogP contribution in [0.1, 0.15) is 41.4 Å². The summed E-state index contributed by atoms with van der Waals surface area (Å²) in [5.41, 5.74) is 3.39. The van der Waals surface area contributed by atoms with Crippen LogP contribution in [0.4, 0.5) is 15.9 Å². The number of anilines is 2. The van der Waals surface area contributed by atoms with Gasteiger partial charge < -0.3 is 15.3 Å². The van der Waals surface area contributed by atoms with Crippen molar-refractivity contribution in [3.8, 4) is 5.69 Å². The predicted octanol–water partition coefficient (Wildman–Crippen LogP) is 3.87. The number of halogens is 1. The minimum absolute atomic E-state index is 0.275. The molecule has 1 aromatic carbocycles. The fourth-order valence-corrected chi connectivity index (χ4v) is 4.23. The lowest BCUT2D eigenvalue weighted by atomic mass is 9.92. The highest BCUT2D eigenvalue weighted by molar-refractivity contribution is 6.05. The van der Waals surface area contributed by atoms with Crippen molar-refractivity contribution in [3.05, 3.63) is 65.4 Å². The molecule has 1 unspecified atom stereocenters. The summed E-state index contributed by atoms with van der Waals surface area (Å²) in [6.07, 6.45) is 4.78. The number of nitrogens with zero attached hydrogens (tertiary/aromatic N) is 4. The van der Waals surface area contributed by atoms with Crippen LogP contribution in [0, 0.1) is 25.6 Å². The normalized spacial score (nSPS) is 15.6. The van der Waals surface area contributed by atoms with Crippen molar-refractivity contribution >= 4 is 17.4 Å². The highest BCUT2D eigenvalue weighted by atomic mass is 19.1. The summed E-state index contributed by atoms with van der Waals surface area (Å²) in [6, 6.07) is 7.87. The van der Waals surface area contributed by atoms with Gasteiger partial charge in [0.1, 0.15) is 11.6 Å². The minimum atomic E-state index is -0.324. The Morgan fingerprint density at radius 2 is 1.88 bits per heavy atom. The van der Waals surface area contributed by atoms with Gasteiger partial charge in [-0.25, -0.2) is 14.1 Å². The molecule has 1 atom stereocenters. The van der Waals surface area contributed by atoms with Gasteiger partial charge in [-0.05, 0) is 75.4 Å². The van der Waals surface area contributed by atoms with Crippen LogP contribution in [0.15, 0.2) is 42.7 Å². The molecule has 0 saturated carbocycles. The van der Waals surface area contributed by atoms with Crippen LogP contribution in [0.5, 0.6) is 0 Å². The quantitative estimate of drug-likeness (QED) is 0.633. The number of hydrogen-bond donors (Lipinski definition) is 2. The Morgan fingerprint density at radius 3 is 2.50 bits per heavy atom. The molecule has 0 radical (unpaired) electrons. The predicted molar refractivity (Wildman–Crippen MR) is 122 cm³/mol. The van der Waals surface area contributed by atoms with Gasteiger partial charge in [-0.1, -0.05) is 0 Å². The van der Waals surface area contributed by atoms with E-state index in [4.69, 9.17) is 0 Å². The molecule has 1 amide bonds. The monoisotopic (exact) mass is 437 g/mol. The van der Waals surface area contributed by atoms with Gasteiger partial charge in [-0.2, -0.15) is 5.10 Å². The van der Waals surface area contributed by atoms with Gasteiger partial charge >= 0.3 is 0 Å². The molecule has 32 heavy (non-hydrogen) atoms. The van der Waals surface area contributed by atoms with Gasteiger partial charge in [-0.15, -0.1) is 0 Å². The van der Waals surface area contributed by atoms with E-state index in [1.54, 1.807) is 29.9 Å². The smallest absolute Gasteiger partial charge is 0.259 e. The number of nitrogens with one attached hydrogen (secondary N) is 1. The summed E-state index contributed by atoms with van der Waals surface area (Å²) < 4.78 is 14.8. The van der Waals surface area contributed by atoms with E-state index >= 15 is 0 Å². The number of pyridine rings is 1. The van der Waals surface area contributed by atoms with Crippen molar-refractivity contribution in [1.29, 1.82) is 0 Å². The SMILES string of the molecule is Cc1cc(NC(=O)c2cnn(-c3ccc(F)cc3)c2C)cnc1N1CCC(C(C)O)CC1. The third-order valence-corrected chi connectivity index (χ3v) is 6.16. The zero-order valence-electron chi connectivity index (χ0n) is 18.5. The molecule has 4 rings (SSSR count). The number of carbonyl (C=O) groups excluding carboxylic acids is 1. The zero-order chi connectivity index (χ0) is 22.8. The van der Waals surface area contributed by atoms with Gasteiger partial charge in [-0.3, -0.25) is 4.79 Å². The summed E-state index contributed by atoms with van der Waals surface area (Å²) in [5.74, 6) is 0.647. The maximum Gasteiger partial charge on any atom is 0.259 e. The second-order valence-corrected chi connectivity index (χ2v) is 8.42. The molecule has 0 spiro atoms. The maximum atomic E-state index is 13.2. The molecule has 168 valence electrons. The fourth-order valence-electron chi connectivity index (χ4n) is 4.23. The lowest BCUT2D eigenvalue weighted by molar-refractivity contribution is 0.102. The van der Waals surface area contributed by atoms with Crippen molar-refractivity contribution < 1.29 is 14.3 Å². The fraction of sp³-hybridized carbons (Fsp3) is 0.375. The summed E-state index contributed by atoms with van der Waals surface area (Å²) in [4.78, 5) is 19.7. The highest BCUT2D eigenvalue weighted by Gasteiger charge is 2.24. The van der Waals surface area contributed by atoms with E-state index in [1.165, 1.54) is 18.3 Å². The summed E-state index contributed by atoms with van der Waals surface area (Å²) >= 11 is 0. The third kappa shape index (κ3) is 4.50. The van der Waals surface area contributed by atoms with Crippen LogP contribution < -0.4 is 10.2 Å². The first kappa shape index (κ1) is 22.0. The van der Waals surface area contributed by atoms with Crippen molar-refractivity contribution in [2.75, 3.05) is 23.3 Å². The molecule has 0 bridgehead atoms. The van der Waals surface area contributed by atoms with E-state index in [-0.39, 0.29) is 17.8 Å². The van der Waals surface area contributed by atoms with Crippen LogP contribution >= 0.6 is 0 Å². The molecule has 0 aliphatic carbocycles. The number of benzene rings is 1. The van der Waals surface area contributed by atoms with Gasteiger partial charge in [0.25, 0.3) is 5.91 Å². The summed E-state index contributed by atoms with van der Waals surface area (Å²) in [5, 5.41) is 17.0. The number of aryl methyl sites for hydroxylation is 1. The molecule has 1 aliphatic rings. The molecular formula is C24H28FN5O2. The Bertz CT molecular complexity index is 1100. The van der Waals surface area contributed by atoms with Crippen molar-refractivity contribution in [3.63, 3.8) is 0 Å². The molecule has 7 nitrogen and oxygen atoms in total. The number of piperidine rings is 1. The Labute approximate surface area is 186 Å². The number of carbonyl (C=O) groups is 1. The maximum absolute atomic E-state index is 13.2. The number of rotatable bonds is 5. The van der Waals surface area contributed by atoms with Gasteiger partial charge in [0, 0.05) is 13.1 Å².